The largest absolute Gasteiger partial charge is 0.653 e. The van der Waals surface area contributed by atoms with Crippen molar-refractivity contribution in [2.24, 2.45) is 0 Å². The minimum atomic E-state index is -1.61. The number of hydrogen-bond donors (Lipinski definition) is 0. The standard InChI is InChI=1S/C14H15NOSi.Al/c1-9-7-10(16)13-12(8-9)17(2,3)11-5-4-6-15-14(11)13;/h4-8,16H,1-3H3;/q;+1/p-1. The lowest BCUT2D eigenvalue weighted by molar-refractivity contribution is 0.618. The van der Waals surface area contributed by atoms with Crippen LogP contribution in [0.2, 0.25) is 13.1 Å². The molecule has 4 heteroatoms. The average Bonchev–Trinajstić information content (AvgIpc) is 2.59. The van der Waals surface area contributed by atoms with Crippen molar-refractivity contribution in [2.75, 3.05) is 0 Å². The first-order valence-electron chi connectivity index (χ1n) is 6.03. The zero-order valence-electron chi connectivity index (χ0n) is 10.8. The van der Waals surface area contributed by atoms with Crippen LogP contribution in [-0.4, -0.2) is 29.7 Å². The van der Waals surface area contributed by atoms with Crippen LogP contribution in [0.5, 0.6) is 5.75 Å². The molecule has 1 aliphatic heterocycles. The molecule has 1 aromatic carbocycles. The third-order valence-corrected chi connectivity index (χ3v) is 7.51. The first-order chi connectivity index (χ1) is 8.55. The fourth-order valence-corrected chi connectivity index (χ4v) is 6.06. The number of fused-ring (bicyclic) bond motifs is 3. The van der Waals surface area contributed by atoms with Crippen molar-refractivity contribution in [3.63, 3.8) is 0 Å². The highest BCUT2D eigenvalue weighted by Gasteiger charge is 2.39. The molecule has 0 unspecified atom stereocenters. The van der Waals surface area contributed by atoms with Gasteiger partial charge in [-0.05, 0) is 35.0 Å². The molecule has 2 aromatic rings. The van der Waals surface area contributed by atoms with Gasteiger partial charge in [-0.15, -0.1) is 0 Å². The van der Waals surface area contributed by atoms with Gasteiger partial charge in [0.05, 0.1) is 11.4 Å². The normalized spacial score (nSPS) is 15.1. The third kappa shape index (κ3) is 1.50. The van der Waals surface area contributed by atoms with Gasteiger partial charge in [0.15, 0.2) is 0 Å². The molecular weight excluding hydrogens is 253 g/mol. The molecule has 2 nitrogen and oxygen atoms in total. The molecule has 0 N–H and O–H groups in total. The van der Waals surface area contributed by atoms with Crippen LogP contribution in [0.15, 0.2) is 30.5 Å². The number of aromatic nitrogens is 1. The van der Waals surface area contributed by atoms with E-state index >= 15 is 0 Å². The topological polar surface area (TPSA) is 22.1 Å². The van der Waals surface area contributed by atoms with Crippen LogP contribution in [0.1, 0.15) is 5.56 Å². The average molecular weight is 267 g/mol. The Bertz CT molecular complexity index is 640. The van der Waals surface area contributed by atoms with E-state index in [4.69, 9.17) is 3.79 Å². The van der Waals surface area contributed by atoms with E-state index in [0.29, 0.717) is 0 Å². The summed E-state index contributed by atoms with van der Waals surface area (Å²) >= 11 is 2.35. The molecule has 3 rings (SSSR count). The second kappa shape index (κ2) is 3.96. The van der Waals surface area contributed by atoms with Gasteiger partial charge in [0, 0.05) is 11.8 Å². The van der Waals surface area contributed by atoms with E-state index in [0.717, 1.165) is 11.4 Å². The Balaban J connectivity index is 2.42. The summed E-state index contributed by atoms with van der Waals surface area (Å²) in [6, 6.07) is 8.64. The molecule has 88 valence electrons. The summed E-state index contributed by atoms with van der Waals surface area (Å²) < 4.78 is 5.49. The van der Waals surface area contributed by atoms with Crippen molar-refractivity contribution in [3.05, 3.63) is 36.0 Å². The third-order valence-electron chi connectivity index (χ3n) is 3.76. The molecule has 0 bridgehead atoms. The van der Waals surface area contributed by atoms with E-state index in [1.54, 1.807) is 0 Å². The fraction of sp³-hybridized carbons (Fsp3) is 0.214. The highest BCUT2D eigenvalue weighted by Crippen LogP contribution is 2.34. The Kier molecular flexibility index (Phi) is 2.63. The fourth-order valence-electron chi connectivity index (χ4n) is 2.84. The summed E-state index contributed by atoms with van der Waals surface area (Å²) in [6.07, 6.45) is 1.87. The number of rotatable bonds is 1. The van der Waals surface area contributed by atoms with Crippen molar-refractivity contribution in [2.45, 2.75) is 20.0 Å². The Morgan fingerprint density at radius 1 is 1.22 bits per heavy atom. The van der Waals surface area contributed by atoms with Gasteiger partial charge in [0.2, 0.25) is 0 Å². The van der Waals surface area contributed by atoms with E-state index in [2.05, 4.69) is 59.8 Å². The number of benzene rings is 1. The predicted molar refractivity (Wildman–Crippen MR) is 77.5 cm³/mol. The van der Waals surface area contributed by atoms with Crippen LogP contribution in [0, 0.1) is 6.92 Å². The van der Waals surface area contributed by atoms with Crippen molar-refractivity contribution < 1.29 is 3.79 Å². The van der Waals surface area contributed by atoms with Crippen LogP contribution in [-0.2, 0) is 0 Å². The first kappa shape index (κ1) is 12.0. The maximum absolute atomic E-state index is 5.49. The van der Waals surface area contributed by atoms with E-state index in [1.165, 1.54) is 21.5 Å². The minimum Gasteiger partial charge on any atom is -0.653 e. The van der Waals surface area contributed by atoms with Gasteiger partial charge < -0.3 is 3.79 Å². The molecule has 1 aromatic heterocycles. The molecule has 1 aliphatic rings. The summed E-state index contributed by atoms with van der Waals surface area (Å²) in [4.78, 5) is 4.58. The highest BCUT2D eigenvalue weighted by molar-refractivity contribution is 7.03. The van der Waals surface area contributed by atoms with Crippen molar-refractivity contribution >= 4 is 35.1 Å². The molecule has 0 atom stereocenters. The second-order valence-electron chi connectivity index (χ2n) is 5.33. The summed E-state index contributed by atoms with van der Waals surface area (Å²) in [7, 11) is -1.61. The lowest BCUT2D eigenvalue weighted by atomic mass is 10.1. The molecule has 18 heavy (non-hydrogen) atoms. The van der Waals surface area contributed by atoms with Gasteiger partial charge in [0.25, 0.3) is 0 Å². The zero-order valence-corrected chi connectivity index (χ0v) is 13.0. The van der Waals surface area contributed by atoms with E-state index in [-0.39, 0.29) is 0 Å². The number of aryl methyl sites for hydroxylation is 1. The van der Waals surface area contributed by atoms with E-state index in [1.807, 2.05) is 12.3 Å². The van der Waals surface area contributed by atoms with Crippen LogP contribution in [0.25, 0.3) is 11.3 Å². The van der Waals surface area contributed by atoms with Gasteiger partial charge in [-0.3, -0.25) is 4.98 Å². The van der Waals surface area contributed by atoms with Gasteiger partial charge in [-0.2, -0.15) is 0 Å². The second-order valence-corrected chi connectivity index (χ2v) is 9.89. The minimum absolute atomic E-state index is 0.924. The monoisotopic (exact) mass is 267 g/mol. The van der Waals surface area contributed by atoms with Gasteiger partial charge >= 0.3 is 16.6 Å². The maximum Gasteiger partial charge on any atom is 0.482 e. The Morgan fingerprint density at radius 2 is 2.00 bits per heavy atom. The molecule has 2 radical (unpaired) electrons. The number of nitrogens with zero attached hydrogens (tertiary/aromatic N) is 1. The highest BCUT2D eigenvalue weighted by atomic mass is 28.3. The first-order valence-corrected chi connectivity index (χ1v) is 9.50. The maximum atomic E-state index is 5.49. The summed E-state index contributed by atoms with van der Waals surface area (Å²) in [6.45, 7) is 6.88. The van der Waals surface area contributed by atoms with Crippen LogP contribution < -0.4 is 14.2 Å². The lowest BCUT2D eigenvalue weighted by Crippen LogP contribution is -2.49. The van der Waals surface area contributed by atoms with Crippen LogP contribution >= 0.6 is 0 Å². The van der Waals surface area contributed by atoms with Crippen molar-refractivity contribution in [1.82, 2.24) is 4.98 Å². The summed E-state index contributed by atoms with van der Waals surface area (Å²) in [5.74, 6) is 0.924. The molecule has 0 spiro atoms. The Morgan fingerprint density at radius 3 is 2.72 bits per heavy atom. The molecule has 0 fully saturated rings. The van der Waals surface area contributed by atoms with Crippen LogP contribution in [0.4, 0.5) is 0 Å². The molecule has 0 amide bonds. The molecular formula is C14H14AlNOSi. The zero-order chi connectivity index (χ0) is 12.9. The summed E-state index contributed by atoms with van der Waals surface area (Å²) in [5, 5.41) is 2.85. The van der Waals surface area contributed by atoms with Crippen LogP contribution in [0.3, 0.4) is 0 Å². The number of hydrogen-bond acceptors (Lipinski definition) is 2. The van der Waals surface area contributed by atoms with Crippen molar-refractivity contribution in [1.29, 1.82) is 0 Å². The SMILES string of the molecule is Cc1cc([O][Al])c2c(c1)[Si](C)(C)c1cccnc1-2. The lowest BCUT2D eigenvalue weighted by Gasteiger charge is -2.19. The molecule has 0 aliphatic carbocycles. The smallest absolute Gasteiger partial charge is 0.482 e. The van der Waals surface area contributed by atoms with Crippen molar-refractivity contribution in [3.8, 4) is 17.0 Å². The quantitative estimate of drug-likeness (QED) is 0.733. The van der Waals surface area contributed by atoms with E-state index in [9.17, 15) is 0 Å². The van der Waals surface area contributed by atoms with E-state index < -0.39 is 8.07 Å². The van der Waals surface area contributed by atoms with Gasteiger partial charge in [0.1, 0.15) is 8.07 Å². The molecule has 0 saturated carbocycles. The van der Waals surface area contributed by atoms with Gasteiger partial charge in [-0.25, -0.2) is 0 Å². The Labute approximate surface area is 117 Å². The predicted octanol–water partition coefficient (Wildman–Crippen LogP) is 1.66. The van der Waals surface area contributed by atoms with Gasteiger partial charge in [-0.1, -0.05) is 25.2 Å². The Hall–Kier alpha value is -1.08. The summed E-state index contributed by atoms with van der Waals surface area (Å²) in [5.41, 5.74) is 3.56. The molecule has 0 saturated heterocycles. The number of pyridine rings is 1. The molecule has 2 heterocycles.